The smallest absolute Gasteiger partial charge is 0.215 e. The first-order valence-corrected chi connectivity index (χ1v) is 5.24. The average Bonchev–Trinajstić information content (AvgIpc) is 2.52. The third-order valence-electron chi connectivity index (χ3n) is 1.39. The SMILES string of the molecule is Cn1nnnc1Sc1cc(Br)ncn1. The molecule has 0 amide bonds. The zero-order valence-electron chi connectivity index (χ0n) is 7.12. The molecule has 0 fully saturated rings. The standard InChI is InChI=1S/C6H5BrN6S/c1-13-6(10-11-12-13)14-5-2-4(7)8-3-9-5/h2-3H,1H3. The minimum Gasteiger partial charge on any atom is -0.229 e. The van der Waals surface area contributed by atoms with Crippen LogP contribution in [0, 0.1) is 0 Å². The summed E-state index contributed by atoms with van der Waals surface area (Å²) in [6, 6.07) is 1.80. The summed E-state index contributed by atoms with van der Waals surface area (Å²) in [5.41, 5.74) is 0. The Balaban J connectivity index is 2.23. The Kier molecular flexibility index (Phi) is 2.73. The van der Waals surface area contributed by atoms with E-state index in [0.29, 0.717) is 5.16 Å². The first-order valence-electron chi connectivity index (χ1n) is 3.63. The molecular weight excluding hydrogens is 268 g/mol. The van der Waals surface area contributed by atoms with Gasteiger partial charge in [-0.1, -0.05) is 0 Å². The van der Waals surface area contributed by atoms with Gasteiger partial charge in [-0.3, -0.25) is 0 Å². The number of tetrazole rings is 1. The molecule has 8 heteroatoms. The third kappa shape index (κ3) is 2.07. The van der Waals surface area contributed by atoms with E-state index in [2.05, 4.69) is 41.4 Å². The van der Waals surface area contributed by atoms with Crippen LogP contribution in [-0.2, 0) is 7.05 Å². The Morgan fingerprint density at radius 3 is 2.93 bits per heavy atom. The van der Waals surface area contributed by atoms with Crippen LogP contribution in [-0.4, -0.2) is 30.2 Å². The second-order valence-corrected chi connectivity index (χ2v) is 4.17. The van der Waals surface area contributed by atoms with Gasteiger partial charge in [-0.25, -0.2) is 14.6 Å². The highest BCUT2D eigenvalue weighted by Crippen LogP contribution is 2.23. The number of halogens is 1. The van der Waals surface area contributed by atoms with Crippen LogP contribution >= 0.6 is 27.7 Å². The molecule has 2 aromatic rings. The molecule has 0 radical (unpaired) electrons. The van der Waals surface area contributed by atoms with Crippen molar-refractivity contribution < 1.29 is 0 Å². The van der Waals surface area contributed by atoms with Crippen molar-refractivity contribution in [3.05, 3.63) is 17.0 Å². The topological polar surface area (TPSA) is 69.4 Å². The van der Waals surface area contributed by atoms with Gasteiger partial charge in [-0.05, 0) is 38.1 Å². The minimum atomic E-state index is 0.690. The number of rotatable bonds is 2. The van der Waals surface area contributed by atoms with Crippen LogP contribution in [0.3, 0.4) is 0 Å². The predicted molar refractivity (Wildman–Crippen MR) is 52.7 cm³/mol. The van der Waals surface area contributed by atoms with Gasteiger partial charge in [-0.15, -0.1) is 5.10 Å². The summed E-state index contributed by atoms with van der Waals surface area (Å²) in [6.45, 7) is 0. The molecule has 2 heterocycles. The van der Waals surface area contributed by atoms with Crippen LogP contribution in [0.15, 0.2) is 27.2 Å². The number of aromatic nitrogens is 6. The normalized spacial score (nSPS) is 10.4. The molecule has 0 unspecified atom stereocenters. The largest absolute Gasteiger partial charge is 0.229 e. The Bertz CT molecular complexity index is 443. The van der Waals surface area contributed by atoms with Gasteiger partial charge in [-0.2, -0.15) is 0 Å². The van der Waals surface area contributed by atoms with E-state index in [-0.39, 0.29) is 0 Å². The average molecular weight is 273 g/mol. The molecule has 2 rings (SSSR count). The van der Waals surface area contributed by atoms with Crippen LogP contribution in [0.25, 0.3) is 0 Å². The van der Waals surface area contributed by atoms with Crippen molar-refractivity contribution in [1.82, 2.24) is 30.2 Å². The molecule has 0 aliphatic heterocycles. The van der Waals surface area contributed by atoms with Gasteiger partial charge in [0.1, 0.15) is 16.0 Å². The van der Waals surface area contributed by atoms with E-state index in [1.54, 1.807) is 17.8 Å². The molecule has 0 atom stereocenters. The van der Waals surface area contributed by atoms with E-state index in [1.807, 2.05) is 0 Å². The first kappa shape index (κ1) is 9.53. The minimum absolute atomic E-state index is 0.690. The molecular formula is C6H5BrN6S. The van der Waals surface area contributed by atoms with Gasteiger partial charge in [0, 0.05) is 13.1 Å². The molecule has 0 aliphatic carbocycles. The highest BCUT2D eigenvalue weighted by Gasteiger charge is 2.05. The molecule has 0 N–H and O–H groups in total. The lowest BCUT2D eigenvalue weighted by atomic mass is 10.7. The van der Waals surface area contributed by atoms with Crippen LogP contribution in [0.2, 0.25) is 0 Å². The summed E-state index contributed by atoms with van der Waals surface area (Å²) in [5.74, 6) is 0. The Morgan fingerprint density at radius 1 is 1.43 bits per heavy atom. The third-order valence-corrected chi connectivity index (χ3v) is 2.78. The Labute approximate surface area is 92.3 Å². The Hall–Kier alpha value is -1.02. The molecule has 0 spiro atoms. The summed E-state index contributed by atoms with van der Waals surface area (Å²) >= 11 is 4.64. The molecule has 0 bridgehead atoms. The second-order valence-electron chi connectivity index (χ2n) is 2.37. The number of hydrogen-bond acceptors (Lipinski definition) is 6. The summed E-state index contributed by atoms with van der Waals surface area (Å²) in [4.78, 5) is 7.99. The van der Waals surface area contributed by atoms with Gasteiger partial charge in [0.2, 0.25) is 5.16 Å². The van der Waals surface area contributed by atoms with Crippen LogP contribution in [0.1, 0.15) is 0 Å². The summed E-state index contributed by atoms with van der Waals surface area (Å²) < 4.78 is 2.32. The van der Waals surface area contributed by atoms with Crippen molar-refractivity contribution in [2.45, 2.75) is 10.2 Å². The second kappa shape index (κ2) is 4.01. The van der Waals surface area contributed by atoms with Crippen molar-refractivity contribution in [1.29, 1.82) is 0 Å². The van der Waals surface area contributed by atoms with Crippen molar-refractivity contribution in [3.8, 4) is 0 Å². The van der Waals surface area contributed by atoms with E-state index in [0.717, 1.165) is 9.63 Å². The molecule has 0 aliphatic rings. The maximum atomic E-state index is 4.07. The van der Waals surface area contributed by atoms with Crippen LogP contribution in [0.4, 0.5) is 0 Å². The fraction of sp³-hybridized carbons (Fsp3) is 0.167. The van der Waals surface area contributed by atoms with Crippen molar-refractivity contribution >= 4 is 27.7 Å². The van der Waals surface area contributed by atoms with Crippen molar-refractivity contribution in [3.63, 3.8) is 0 Å². The summed E-state index contributed by atoms with van der Waals surface area (Å²) in [6.07, 6.45) is 1.48. The molecule has 72 valence electrons. The van der Waals surface area contributed by atoms with E-state index in [9.17, 15) is 0 Å². The highest BCUT2D eigenvalue weighted by molar-refractivity contribution is 9.10. The number of hydrogen-bond donors (Lipinski definition) is 0. The summed E-state index contributed by atoms with van der Waals surface area (Å²) in [7, 11) is 1.78. The molecule has 14 heavy (non-hydrogen) atoms. The number of aryl methyl sites for hydroxylation is 1. The van der Waals surface area contributed by atoms with Crippen LogP contribution < -0.4 is 0 Å². The first-order chi connectivity index (χ1) is 6.75. The lowest BCUT2D eigenvalue weighted by Gasteiger charge is -1.97. The van der Waals surface area contributed by atoms with E-state index < -0.39 is 0 Å². The van der Waals surface area contributed by atoms with Crippen LogP contribution in [0.5, 0.6) is 0 Å². The molecule has 2 aromatic heterocycles. The van der Waals surface area contributed by atoms with Gasteiger partial charge in [0.25, 0.3) is 0 Å². The van der Waals surface area contributed by atoms with Crippen molar-refractivity contribution in [2.24, 2.45) is 7.05 Å². The predicted octanol–water partition coefficient (Wildman–Crippen LogP) is 0.914. The van der Waals surface area contributed by atoms with Gasteiger partial charge >= 0.3 is 0 Å². The van der Waals surface area contributed by atoms with Gasteiger partial charge in [0.05, 0.1) is 0 Å². The zero-order chi connectivity index (χ0) is 9.97. The van der Waals surface area contributed by atoms with E-state index in [1.165, 1.54) is 18.1 Å². The van der Waals surface area contributed by atoms with E-state index in [4.69, 9.17) is 0 Å². The Morgan fingerprint density at radius 2 is 2.29 bits per heavy atom. The molecule has 0 saturated carbocycles. The monoisotopic (exact) mass is 272 g/mol. The lowest BCUT2D eigenvalue weighted by molar-refractivity contribution is 0.664. The molecule has 6 nitrogen and oxygen atoms in total. The quantitative estimate of drug-likeness (QED) is 0.758. The fourth-order valence-corrected chi connectivity index (χ4v) is 1.94. The zero-order valence-corrected chi connectivity index (χ0v) is 9.53. The number of nitrogens with zero attached hydrogens (tertiary/aromatic N) is 6. The maximum Gasteiger partial charge on any atom is 0.215 e. The fourth-order valence-electron chi connectivity index (χ4n) is 0.774. The van der Waals surface area contributed by atoms with Gasteiger partial charge in [0.15, 0.2) is 0 Å². The summed E-state index contributed by atoms with van der Waals surface area (Å²) in [5, 5.41) is 12.6. The highest BCUT2D eigenvalue weighted by atomic mass is 79.9. The van der Waals surface area contributed by atoms with Crippen molar-refractivity contribution in [2.75, 3.05) is 0 Å². The molecule has 0 saturated heterocycles. The lowest BCUT2D eigenvalue weighted by Crippen LogP contribution is -1.93. The maximum absolute atomic E-state index is 4.07. The van der Waals surface area contributed by atoms with Gasteiger partial charge < -0.3 is 0 Å². The molecule has 0 aromatic carbocycles. The van der Waals surface area contributed by atoms with E-state index >= 15 is 0 Å².